The summed E-state index contributed by atoms with van der Waals surface area (Å²) in [6.45, 7) is 10.5. The maximum absolute atomic E-state index is 13.7. The molecule has 2 heterocycles. The zero-order valence-corrected chi connectivity index (χ0v) is 18.5. The number of aryl methyl sites for hydroxylation is 3. The summed E-state index contributed by atoms with van der Waals surface area (Å²) in [6.07, 6.45) is 1.55. The van der Waals surface area contributed by atoms with Gasteiger partial charge < -0.3 is 4.90 Å². The Bertz CT molecular complexity index is 1250. The number of halogens is 1. The van der Waals surface area contributed by atoms with Crippen LogP contribution in [0.2, 0.25) is 0 Å². The molecule has 0 atom stereocenters. The normalized spacial score (nSPS) is 11.1. The summed E-state index contributed by atoms with van der Waals surface area (Å²) >= 11 is 0. The van der Waals surface area contributed by atoms with Gasteiger partial charge in [-0.15, -0.1) is 0 Å². The SMILES string of the molecule is C=C(Cc1c(-c2ccc(CC)cc2)nn2c(C)cc(C)nc12)N(C)c1cccc(F)c1. The number of rotatable bonds is 6. The van der Waals surface area contributed by atoms with Crippen molar-refractivity contribution in [2.75, 3.05) is 11.9 Å². The molecule has 0 saturated heterocycles. The monoisotopic (exact) mass is 414 g/mol. The van der Waals surface area contributed by atoms with Crippen LogP contribution in [0.4, 0.5) is 10.1 Å². The summed E-state index contributed by atoms with van der Waals surface area (Å²) < 4.78 is 15.6. The lowest BCUT2D eigenvalue weighted by atomic mass is 10.0. The van der Waals surface area contributed by atoms with Crippen LogP contribution in [0.25, 0.3) is 16.9 Å². The van der Waals surface area contributed by atoms with Crippen LogP contribution in [0.15, 0.2) is 66.9 Å². The lowest BCUT2D eigenvalue weighted by Crippen LogP contribution is -2.17. The maximum Gasteiger partial charge on any atom is 0.159 e. The van der Waals surface area contributed by atoms with Gasteiger partial charge in [0.2, 0.25) is 0 Å². The standard InChI is InChI=1S/C26H27FN4/c1-6-20-10-12-21(13-11-20)25-24(26-28-17(2)14-19(4)31(26)29-25)15-18(3)30(5)23-9-7-8-22(27)16-23/h7-14,16H,3,6,15H2,1-2,4-5H3. The van der Waals surface area contributed by atoms with E-state index in [9.17, 15) is 4.39 Å². The molecular weight excluding hydrogens is 387 g/mol. The predicted molar refractivity (Wildman–Crippen MR) is 125 cm³/mol. The molecule has 0 unspecified atom stereocenters. The van der Waals surface area contributed by atoms with Crippen LogP contribution in [0, 0.1) is 19.7 Å². The molecule has 0 aliphatic heterocycles. The first kappa shape index (κ1) is 20.8. The van der Waals surface area contributed by atoms with E-state index < -0.39 is 0 Å². The third-order valence-corrected chi connectivity index (χ3v) is 5.68. The minimum atomic E-state index is -0.266. The fourth-order valence-corrected chi connectivity index (χ4v) is 3.85. The Balaban J connectivity index is 1.80. The van der Waals surface area contributed by atoms with Crippen molar-refractivity contribution >= 4 is 11.3 Å². The molecule has 2 aromatic carbocycles. The van der Waals surface area contributed by atoms with E-state index in [2.05, 4.69) is 37.8 Å². The Morgan fingerprint density at radius 3 is 2.52 bits per heavy atom. The number of anilines is 1. The van der Waals surface area contributed by atoms with E-state index in [1.54, 1.807) is 6.07 Å². The van der Waals surface area contributed by atoms with Crippen molar-refractivity contribution in [3.8, 4) is 11.3 Å². The van der Waals surface area contributed by atoms with Gasteiger partial charge in [-0.2, -0.15) is 5.10 Å². The van der Waals surface area contributed by atoms with Gasteiger partial charge in [0.15, 0.2) is 5.65 Å². The summed E-state index contributed by atoms with van der Waals surface area (Å²) in [5, 5.41) is 4.91. The van der Waals surface area contributed by atoms with Gasteiger partial charge in [0, 0.05) is 47.4 Å². The summed E-state index contributed by atoms with van der Waals surface area (Å²) in [5.41, 5.74) is 8.67. The number of likely N-dealkylation sites (N-methyl/N-ethyl adjacent to an activating group) is 1. The number of allylic oxidation sites excluding steroid dienone is 1. The largest absolute Gasteiger partial charge is 0.348 e. The van der Waals surface area contributed by atoms with E-state index in [0.29, 0.717) is 6.42 Å². The van der Waals surface area contributed by atoms with Crippen molar-refractivity contribution in [1.29, 1.82) is 0 Å². The highest BCUT2D eigenvalue weighted by Crippen LogP contribution is 2.30. The second kappa shape index (κ2) is 8.34. The third kappa shape index (κ3) is 4.08. The molecule has 0 fully saturated rings. The molecule has 158 valence electrons. The highest BCUT2D eigenvalue weighted by atomic mass is 19.1. The smallest absolute Gasteiger partial charge is 0.159 e. The van der Waals surface area contributed by atoms with E-state index in [-0.39, 0.29) is 5.82 Å². The average molecular weight is 415 g/mol. The molecule has 0 amide bonds. The van der Waals surface area contributed by atoms with Crippen LogP contribution in [0.5, 0.6) is 0 Å². The Labute approximate surface area is 182 Å². The number of aromatic nitrogens is 3. The van der Waals surface area contributed by atoms with Gasteiger partial charge in [-0.05, 0) is 50.1 Å². The number of hydrogen-bond acceptors (Lipinski definition) is 3. The van der Waals surface area contributed by atoms with Gasteiger partial charge >= 0.3 is 0 Å². The minimum Gasteiger partial charge on any atom is -0.348 e. The zero-order chi connectivity index (χ0) is 22.1. The van der Waals surface area contributed by atoms with Crippen LogP contribution in [0.1, 0.15) is 29.4 Å². The molecule has 4 rings (SSSR count). The summed E-state index contributed by atoms with van der Waals surface area (Å²) in [6, 6.07) is 17.1. The second-order valence-corrected chi connectivity index (χ2v) is 7.93. The maximum atomic E-state index is 13.7. The summed E-state index contributed by atoms with van der Waals surface area (Å²) in [7, 11) is 1.91. The molecule has 0 radical (unpaired) electrons. The van der Waals surface area contributed by atoms with Crippen molar-refractivity contribution < 1.29 is 4.39 Å². The van der Waals surface area contributed by atoms with E-state index in [0.717, 1.165) is 51.7 Å². The topological polar surface area (TPSA) is 33.4 Å². The fraction of sp³-hybridized carbons (Fsp3) is 0.231. The molecule has 0 aliphatic carbocycles. The summed E-state index contributed by atoms with van der Waals surface area (Å²) in [5.74, 6) is -0.266. The molecular formula is C26H27FN4. The Morgan fingerprint density at radius 2 is 1.84 bits per heavy atom. The number of nitrogens with zero attached hydrogens (tertiary/aromatic N) is 4. The predicted octanol–water partition coefficient (Wildman–Crippen LogP) is 5.91. The van der Waals surface area contributed by atoms with Crippen LogP contribution in [-0.4, -0.2) is 21.6 Å². The number of hydrogen-bond donors (Lipinski definition) is 0. The van der Waals surface area contributed by atoms with Gasteiger partial charge in [-0.25, -0.2) is 13.9 Å². The molecule has 31 heavy (non-hydrogen) atoms. The highest BCUT2D eigenvalue weighted by Gasteiger charge is 2.20. The number of benzene rings is 2. The van der Waals surface area contributed by atoms with Crippen LogP contribution in [-0.2, 0) is 12.8 Å². The van der Waals surface area contributed by atoms with E-state index >= 15 is 0 Å². The van der Waals surface area contributed by atoms with Crippen molar-refractivity contribution in [2.24, 2.45) is 0 Å². The van der Waals surface area contributed by atoms with E-state index in [4.69, 9.17) is 10.1 Å². The highest BCUT2D eigenvalue weighted by molar-refractivity contribution is 5.72. The van der Waals surface area contributed by atoms with Gasteiger partial charge in [-0.1, -0.05) is 43.8 Å². The quantitative estimate of drug-likeness (QED) is 0.393. The first-order valence-electron chi connectivity index (χ1n) is 10.5. The molecule has 0 aliphatic rings. The van der Waals surface area contributed by atoms with Crippen molar-refractivity contribution in [2.45, 2.75) is 33.6 Å². The van der Waals surface area contributed by atoms with E-state index in [1.807, 2.05) is 42.4 Å². The van der Waals surface area contributed by atoms with Crippen molar-refractivity contribution in [3.63, 3.8) is 0 Å². The van der Waals surface area contributed by atoms with Gasteiger partial charge in [0.1, 0.15) is 5.82 Å². The van der Waals surface area contributed by atoms with Crippen LogP contribution < -0.4 is 4.90 Å². The van der Waals surface area contributed by atoms with Crippen molar-refractivity contribution in [3.05, 3.63) is 95.2 Å². The van der Waals surface area contributed by atoms with E-state index in [1.165, 1.54) is 17.7 Å². The first-order chi connectivity index (χ1) is 14.9. The van der Waals surface area contributed by atoms with Gasteiger partial charge in [0.05, 0.1) is 5.69 Å². The molecule has 4 nitrogen and oxygen atoms in total. The lowest BCUT2D eigenvalue weighted by Gasteiger charge is -2.22. The average Bonchev–Trinajstić information content (AvgIpc) is 3.11. The van der Waals surface area contributed by atoms with Gasteiger partial charge in [-0.3, -0.25) is 0 Å². The van der Waals surface area contributed by atoms with Gasteiger partial charge in [0.25, 0.3) is 0 Å². The molecule has 0 spiro atoms. The Kier molecular flexibility index (Phi) is 5.59. The molecule has 0 bridgehead atoms. The first-order valence-corrected chi connectivity index (χ1v) is 10.5. The molecule has 0 N–H and O–H groups in total. The molecule has 4 aromatic rings. The number of fused-ring (bicyclic) bond motifs is 1. The summed E-state index contributed by atoms with van der Waals surface area (Å²) in [4.78, 5) is 6.71. The zero-order valence-electron chi connectivity index (χ0n) is 18.5. The lowest BCUT2D eigenvalue weighted by molar-refractivity contribution is 0.627. The van der Waals surface area contributed by atoms with Crippen LogP contribution in [0.3, 0.4) is 0 Å². The minimum absolute atomic E-state index is 0.266. The molecule has 2 aromatic heterocycles. The second-order valence-electron chi connectivity index (χ2n) is 7.93. The Morgan fingerprint density at radius 1 is 1.10 bits per heavy atom. The fourth-order valence-electron chi connectivity index (χ4n) is 3.85. The molecule has 0 saturated carbocycles. The Hall–Kier alpha value is -3.47. The van der Waals surface area contributed by atoms with Crippen molar-refractivity contribution in [1.82, 2.24) is 14.6 Å². The van der Waals surface area contributed by atoms with Crippen LogP contribution >= 0.6 is 0 Å². The third-order valence-electron chi connectivity index (χ3n) is 5.68. The molecule has 5 heteroatoms.